The van der Waals surface area contributed by atoms with Gasteiger partial charge in [0.15, 0.2) is 5.60 Å². The average molecular weight is 327 g/mol. The number of nitrogens with zero attached hydrogens (tertiary/aromatic N) is 2. The minimum absolute atomic E-state index is 0.0771. The fourth-order valence-electron chi connectivity index (χ4n) is 3.28. The first-order chi connectivity index (χ1) is 11.4. The third kappa shape index (κ3) is 2.94. The maximum absolute atomic E-state index is 12.5. The van der Waals surface area contributed by atoms with Crippen LogP contribution in [0.1, 0.15) is 49.9 Å². The summed E-state index contributed by atoms with van der Waals surface area (Å²) < 4.78 is 5.74. The minimum atomic E-state index is -1.03. The van der Waals surface area contributed by atoms with Crippen molar-refractivity contribution in [3.8, 4) is 11.8 Å². The Labute approximate surface area is 141 Å². The lowest BCUT2D eigenvalue weighted by Gasteiger charge is -2.37. The van der Waals surface area contributed by atoms with Gasteiger partial charge in [-0.3, -0.25) is 14.5 Å². The Balaban J connectivity index is 1.90. The molecule has 0 saturated heterocycles. The van der Waals surface area contributed by atoms with Crippen LogP contribution in [0, 0.1) is 11.3 Å². The Morgan fingerprint density at radius 2 is 2.12 bits per heavy atom. The Hall–Kier alpha value is -2.55. The van der Waals surface area contributed by atoms with Gasteiger partial charge >= 0.3 is 0 Å². The number of fused-ring (bicyclic) bond motifs is 1. The van der Waals surface area contributed by atoms with Crippen molar-refractivity contribution in [1.29, 1.82) is 5.26 Å². The molecule has 1 aromatic carbocycles. The number of hydrogen-bond donors (Lipinski definition) is 1. The van der Waals surface area contributed by atoms with Crippen LogP contribution in [0.5, 0.6) is 5.75 Å². The standard InChI is InChI=1S/C18H21N3O3/c1-18(2)17(23)21(10-9-19)14-11-12(7-8-15(14)24-18)16(22)20-13-5-3-4-6-13/h7-8,11,13H,3-6,10H2,1-2H3,(H,20,22). The second kappa shape index (κ2) is 6.16. The van der Waals surface area contributed by atoms with E-state index in [4.69, 9.17) is 10.00 Å². The smallest absolute Gasteiger partial charge is 0.271 e. The highest BCUT2D eigenvalue weighted by atomic mass is 16.5. The molecule has 126 valence electrons. The van der Waals surface area contributed by atoms with Crippen LogP contribution in [-0.2, 0) is 4.79 Å². The first-order valence-corrected chi connectivity index (χ1v) is 8.25. The molecule has 1 saturated carbocycles. The van der Waals surface area contributed by atoms with Gasteiger partial charge in [0.2, 0.25) is 0 Å². The first-order valence-electron chi connectivity index (χ1n) is 8.25. The molecule has 0 spiro atoms. The van der Waals surface area contributed by atoms with Crippen molar-refractivity contribution in [3.63, 3.8) is 0 Å². The van der Waals surface area contributed by atoms with Gasteiger partial charge in [0.05, 0.1) is 11.8 Å². The SMILES string of the molecule is CC1(C)Oc2ccc(C(=O)NC3CCCC3)cc2N(CC#N)C1=O. The predicted octanol–water partition coefficient (Wildman–Crippen LogP) is 2.39. The minimum Gasteiger partial charge on any atom is -0.476 e. The third-order valence-electron chi connectivity index (χ3n) is 4.56. The number of amides is 2. The number of ether oxygens (including phenoxy) is 1. The largest absolute Gasteiger partial charge is 0.476 e. The molecule has 1 aromatic rings. The second-order valence-electron chi connectivity index (χ2n) is 6.80. The van der Waals surface area contributed by atoms with Crippen LogP contribution in [0.2, 0.25) is 0 Å². The highest BCUT2D eigenvalue weighted by molar-refractivity contribution is 6.04. The number of carbonyl (C=O) groups excluding carboxylic acids is 2. The summed E-state index contributed by atoms with van der Waals surface area (Å²) >= 11 is 0. The lowest BCUT2D eigenvalue weighted by molar-refractivity contribution is -0.132. The Bertz CT molecular complexity index is 715. The van der Waals surface area contributed by atoms with Gasteiger partial charge in [-0.05, 0) is 44.9 Å². The van der Waals surface area contributed by atoms with Gasteiger partial charge in [0.1, 0.15) is 12.3 Å². The van der Waals surface area contributed by atoms with Gasteiger partial charge in [-0.1, -0.05) is 12.8 Å². The van der Waals surface area contributed by atoms with E-state index in [1.54, 1.807) is 32.0 Å². The number of nitrogens with one attached hydrogen (secondary N) is 1. The van der Waals surface area contributed by atoms with Crippen molar-refractivity contribution in [2.75, 3.05) is 11.4 Å². The number of rotatable bonds is 3. The molecule has 2 amide bonds. The lowest BCUT2D eigenvalue weighted by Crippen LogP contribution is -2.52. The highest BCUT2D eigenvalue weighted by Crippen LogP contribution is 2.38. The first kappa shape index (κ1) is 16.3. The number of carbonyl (C=O) groups is 2. The monoisotopic (exact) mass is 327 g/mol. The second-order valence-corrected chi connectivity index (χ2v) is 6.80. The predicted molar refractivity (Wildman–Crippen MR) is 88.8 cm³/mol. The molecule has 0 bridgehead atoms. The third-order valence-corrected chi connectivity index (χ3v) is 4.56. The van der Waals surface area contributed by atoms with E-state index in [-0.39, 0.29) is 24.4 Å². The van der Waals surface area contributed by atoms with Crippen molar-refractivity contribution in [2.24, 2.45) is 0 Å². The van der Waals surface area contributed by atoms with Crippen LogP contribution in [0.15, 0.2) is 18.2 Å². The average Bonchev–Trinajstić information content (AvgIpc) is 3.04. The van der Waals surface area contributed by atoms with E-state index in [1.807, 2.05) is 6.07 Å². The molecule has 1 fully saturated rings. The van der Waals surface area contributed by atoms with Crippen molar-refractivity contribution >= 4 is 17.5 Å². The Kier molecular flexibility index (Phi) is 4.18. The van der Waals surface area contributed by atoms with Gasteiger partial charge in [-0.15, -0.1) is 0 Å². The van der Waals surface area contributed by atoms with Crippen LogP contribution in [0.25, 0.3) is 0 Å². The van der Waals surface area contributed by atoms with E-state index < -0.39 is 5.60 Å². The molecule has 24 heavy (non-hydrogen) atoms. The van der Waals surface area contributed by atoms with Crippen LogP contribution in [0.3, 0.4) is 0 Å². The fraction of sp³-hybridized carbons (Fsp3) is 0.500. The molecule has 1 heterocycles. The summed E-state index contributed by atoms with van der Waals surface area (Å²) in [5.74, 6) is 0.0658. The van der Waals surface area contributed by atoms with E-state index in [1.165, 1.54) is 4.90 Å². The molecule has 0 unspecified atom stereocenters. The van der Waals surface area contributed by atoms with Crippen LogP contribution in [-0.4, -0.2) is 30.0 Å². The Morgan fingerprint density at radius 1 is 1.42 bits per heavy atom. The maximum Gasteiger partial charge on any atom is 0.271 e. The molecule has 1 aliphatic heterocycles. The van der Waals surface area contributed by atoms with Crippen molar-refractivity contribution < 1.29 is 14.3 Å². The molecule has 6 nitrogen and oxygen atoms in total. The van der Waals surface area contributed by atoms with E-state index >= 15 is 0 Å². The molecule has 3 rings (SSSR count). The van der Waals surface area contributed by atoms with E-state index in [0.717, 1.165) is 25.7 Å². The Morgan fingerprint density at radius 3 is 2.79 bits per heavy atom. The summed E-state index contributed by atoms with van der Waals surface area (Å²) in [6.07, 6.45) is 4.30. The molecule has 1 aliphatic carbocycles. The molecular weight excluding hydrogens is 306 g/mol. The molecule has 0 radical (unpaired) electrons. The maximum atomic E-state index is 12.5. The number of hydrogen-bond acceptors (Lipinski definition) is 4. The summed E-state index contributed by atoms with van der Waals surface area (Å²) in [4.78, 5) is 26.3. The van der Waals surface area contributed by atoms with Gasteiger partial charge in [0, 0.05) is 11.6 Å². The molecule has 2 aliphatic rings. The van der Waals surface area contributed by atoms with Crippen molar-refractivity contribution in [3.05, 3.63) is 23.8 Å². The summed E-state index contributed by atoms with van der Waals surface area (Å²) in [6.45, 7) is 3.26. The van der Waals surface area contributed by atoms with Gasteiger partial charge in [-0.2, -0.15) is 5.26 Å². The quantitative estimate of drug-likeness (QED) is 0.864. The normalized spacial score (nSPS) is 19.4. The summed E-state index contributed by atoms with van der Waals surface area (Å²) in [5.41, 5.74) is -0.0862. The summed E-state index contributed by atoms with van der Waals surface area (Å²) in [5, 5.41) is 12.1. The van der Waals surface area contributed by atoms with E-state index in [9.17, 15) is 9.59 Å². The molecule has 0 aromatic heterocycles. The highest BCUT2D eigenvalue weighted by Gasteiger charge is 2.41. The number of anilines is 1. The molecule has 6 heteroatoms. The summed E-state index contributed by atoms with van der Waals surface area (Å²) in [6, 6.07) is 7.24. The van der Waals surface area contributed by atoms with E-state index in [2.05, 4.69) is 5.32 Å². The van der Waals surface area contributed by atoms with Crippen LogP contribution < -0.4 is 15.0 Å². The van der Waals surface area contributed by atoms with Crippen molar-refractivity contribution in [1.82, 2.24) is 5.32 Å². The van der Waals surface area contributed by atoms with Gasteiger partial charge in [-0.25, -0.2) is 0 Å². The van der Waals surface area contributed by atoms with E-state index in [0.29, 0.717) is 17.0 Å². The zero-order valence-electron chi connectivity index (χ0n) is 14.0. The molecular formula is C18H21N3O3. The zero-order chi connectivity index (χ0) is 17.3. The molecule has 1 N–H and O–H groups in total. The van der Waals surface area contributed by atoms with Crippen LogP contribution in [0.4, 0.5) is 5.69 Å². The summed E-state index contributed by atoms with van der Waals surface area (Å²) in [7, 11) is 0. The lowest BCUT2D eigenvalue weighted by atomic mass is 10.0. The number of benzene rings is 1. The zero-order valence-corrected chi connectivity index (χ0v) is 14.0. The van der Waals surface area contributed by atoms with Gasteiger partial charge in [0.25, 0.3) is 11.8 Å². The van der Waals surface area contributed by atoms with Crippen molar-refractivity contribution in [2.45, 2.75) is 51.2 Å². The molecule has 0 atom stereocenters. The van der Waals surface area contributed by atoms with Crippen LogP contribution >= 0.6 is 0 Å². The fourth-order valence-corrected chi connectivity index (χ4v) is 3.28. The number of nitriles is 1. The topological polar surface area (TPSA) is 82.4 Å². The van der Waals surface area contributed by atoms with Gasteiger partial charge < -0.3 is 10.1 Å².